The van der Waals surface area contributed by atoms with Crippen LogP contribution in [0.15, 0.2) is 60.7 Å². The van der Waals surface area contributed by atoms with E-state index in [0.29, 0.717) is 19.1 Å². The molecule has 0 atom stereocenters. The Hall–Kier alpha value is -2.05. The minimum Gasteiger partial charge on any atom is -0.341 e. The second kappa shape index (κ2) is 9.59. The van der Waals surface area contributed by atoms with Crippen LogP contribution in [0, 0.1) is 17.8 Å². The molecule has 1 aliphatic heterocycles. The first-order valence-electron chi connectivity index (χ1n) is 9.02. The molecule has 0 aliphatic carbocycles. The van der Waals surface area contributed by atoms with Crippen LogP contribution in [0.5, 0.6) is 0 Å². The van der Waals surface area contributed by atoms with Gasteiger partial charge in [-0.25, -0.2) is 0 Å². The zero-order chi connectivity index (χ0) is 18.2. The number of halogens is 1. The predicted octanol–water partition coefficient (Wildman–Crippen LogP) is 5.70. The van der Waals surface area contributed by atoms with E-state index in [1.165, 1.54) is 0 Å². The van der Waals surface area contributed by atoms with E-state index in [1.54, 1.807) is 0 Å². The Balaban J connectivity index is 1.55. The standard InChI is InChI=1S/C23H23ClO2/c1-2-3-4-5-19-16-25-23(26-17-19)15-8-18-6-9-20(10-7-18)21-11-13-22(24)14-12-21/h4-7,9-14,19,23H,2-3,16-17H2,1H3. The molecule has 2 nitrogen and oxygen atoms in total. The lowest BCUT2D eigenvalue weighted by Crippen LogP contribution is -2.30. The highest BCUT2D eigenvalue weighted by Gasteiger charge is 2.18. The predicted molar refractivity (Wildman–Crippen MR) is 107 cm³/mol. The van der Waals surface area contributed by atoms with Gasteiger partial charge >= 0.3 is 0 Å². The van der Waals surface area contributed by atoms with Crippen molar-refractivity contribution in [3.05, 3.63) is 71.3 Å². The summed E-state index contributed by atoms with van der Waals surface area (Å²) in [7, 11) is 0. The summed E-state index contributed by atoms with van der Waals surface area (Å²) in [5.41, 5.74) is 3.22. The topological polar surface area (TPSA) is 18.5 Å². The number of benzene rings is 2. The van der Waals surface area contributed by atoms with Gasteiger partial charge < -0.3 is 9.47 Å². The van der Waals surface area contributed by atoms with Crippen molar-refractivity contribution in [1.29, 1.82) is 0 Å². The van der Waals surface area contributed by atoms with Gasteiger partial charge in [0.15, 0.2) is 0 Å². The van der Waals surface area contributed by atoms with Crippen molar-refractivity contribution in [1.82, 2.24) is 0 Å². The van der Waals surface area contributed by atoms with Crippen LogP contribution >= 0.6 is 11.6 Å². The highest BCUT2D eigenvalue weighted by Crippen LogP contribution is 2.21. The maximum Gasteiger partial charge on any atom is 0.222 e. The molecule has 3 rings (SSSR count). The fourth-order valence-corrected chi connectivity index (χ4v) is 2.82. The number of ether oxygens (including phenoxy) is 2. The number of unbranched alkanes of at least 4 members (excludes halogenated alkanes) is 1. The summed E-state index contributed by atoms with van der Waals surface area (Å²) in [4.78, 5) is 0. The molecule has 1 fully saturated rings. The number of hydrogen-bond donors (Lipinski definition) is 0. The second-order valence-corrected chi connectivity index (χ2v) is 6.77. The fourth-order valence-electron chi connectivity index (χ4n) is 2.70. The van der Waals surface area contributed by atoms with Crippen molar-refractivity contribution in [2.45, 2.75) is 26.1 Å². The first-order valence-corrected chi connectivity index (χ1v) is 9.40. The molecule has 0 spiro atoms. The van der Waals surface area contributed by atoms with E-state index in [2.05, 4.69) is 43.0 Å². The highest BCUT2D eigenvalue weighted by molar-refractivity contribution is 6.30. The first kappa shape index (κ1) is 18.7. The molecule has 0 amide bonds. The van der Waals surface area contributed by atoms with Crippen LogP contribution in [0.25, 0.3) is 11.1 Å². The lowest BCUT2D eigenvalue weighted by Gasteiger charge is -2.24. The van der Waals surface area contributed by atoms with Gasteiger partial charge in [-0.2, -0.15) is 0 Å². The van der Waals surface area contributed by atoms with Gasteiger partial charge in [0.1, 0.15) is 0 Å². The summed E-state index contributed by atoms with van der Waals surface area (Å²) in [6.45, 7) is 3.50. The van der Waals surface area contributed by atoms with Crippen LogP contribution < -0.4 is 0 Å². The van der Waals surface area contributed by atoms with Gasteiger partial charge in [-0.05, 0) is 47.7 Å². The van der Waals surface area contributed by atoms with Crippen LogP contribution in [-0.4, -0.2) is 19.5 Å². The van der Waals surface area contributed by atoms with Crippen LogP contribution in [0.4, 0.5) is 0 Å². The average Bonchev–Trinajstić information content (AvgIpc) is 2.69. The molecule has 0 bridgehead atoms. The Bertz CT molecular complexity index is 774. The molecule has 0 saturated carbocycles. The van der Waals surface area contributed by atoms with E-state index in [0.717, 1.165) is 34.6 Å². The van der Waals surface area contributed by atoms with Crippen LogP contribution in [-0.2, 0) is 9.47 Å². The summed E-state index contributed by atoms with van der Waals surface area (Å²) in [5, 5.41) is 0.742. The van der Waals surface area contributed by atoms with Gasteiger partial charge in [0.2, 0.25) is 6.29 Å². The Morgan fingerprint density at radius 1 is 1.00 bits per heavy atom. The third-order valence-corrected chi connectivity index (χ3v) is 4.44. The van der Waals surface area contributed by atoms with Crippen LogP contribution in [0.1, 0.15) is 25.3 Å². The molecule has 0 unspecified atom stereocenters. The first-order chi connectivity index (χ1) is 12.7. The summed E-state index contributed by atoms with van der Waals surface area (Å²) in [5.74, 6) is 6.52. The molecule has 2 aromatic carbocycles. The molecule has 2 aromatic rings. The van der Waals surface area contributed by atoms with Crippen molar-refractivity contribution in [3.63, 3.8) is 0 Å². The fraction of sp³-hybridized carbons (Fsp3) is 0.304. The van der Waals surface area contributed by atoms with Gasteiger partial charge in [-0.3, -0.25) is 0 Å². The van der Waals surface area contributed by atoms with E-state index in [-0.39, 0.29) is 0 Å². The highest BCUT2D eigenvalue weighted by atomic mass is 35.5. The number of hydrogen-bond acceptors (Lipinski definition) is 2. The molecule has 0 aromatic heterocycles. The molecule has 0 N–H and O–H groups in total. The number of rotatable bonds is 4. The lowest BCUT2D eigenvalue weighted by molar-refractivity contribution is -0.160. The Kier molecular flexibility index (Phi) is 6.91. The SMILES string of the molecule is CCCC=CC1COC(C#Cc2ccc(-c3ccc(Cl)cc3)cc2)OC1. The van der Waals surface area contributed by atoms with Crippen molar-refractivity contribution in [3.8, 4) is 23.0 Å². The van der Waals surface area contributed by atoms with Crippen molar-refractivity contribution >= 4 is 11.6 Å². The molecule has 26 heavy (non-hydrogen) atoms. The van der Waals surface area contributed by atoms with Gasteiger partial charge in [0, 0.05) is 16.5 Å². The minimum atomic E-state index is -0.443. The largest absolute Gasteiger partial charge is 0.341 e. The Morgan fingerprint density at radius 3 is 2.23 bits per heavy atom. The van der Waals surface area contributed by atoms with Gasteiger partial charge in [-0.1, -0.05) is 67.3 Å². The van der Waals surface area contributed by atoms with Crippen molar-refractivity contribution in [2.24, 2.45) is 5.92 Å². The zero-order valence-electron chi connectivity index (χ0n) is 15.0. The molecule has 0 radical (unpaired) electrons. The third-order valence-electron chi connectivity index (χ3n) is 4.18. The molecule has 3 heteroatoms. The summed E-state index contributed by atoms with van der Waals surface area (Å²) < 4.78 is 11.4. The lowest BCUT2D eigenvalue weighted by atomic mass is 10.0. The maximum atomic E-state index is 5.93. The van der Waals surface area contributed by atoms with E-state index >= 15 is 0 Å². The second-order valence-electron chi connectivity index (χ2n) is 6.33. The minimum absolute atomic E-state index is 0.332. The Labute approximate surface area is 160 Å². The maximum absolute atomic E-state index is 5.93. The van der Waals surface area contributed by atoms with E-state index in [1.807, 2.05) is 36.4 Å². The van der Waals surface area contributed by atoms with E-state index in [9.17, 15) is 0 Å². The van der Waals surface area contributed by atoms with Crippen LogP contribution in [0.3, 0.4) is 0 Å². The smallest absolute Gasteiger partial charge is 0.222 e. The van der Waals surface area contributed by atoms with Crippen LogP contribution in [0.2, 0.25) is 5.02 Å². The van der Waals surface area contributed by atoms with E-state index in [4.69, 9.17) is 21.1 Å². The average molecular weight is 367 g/mol. The monoisotopic (exact) mass is 366 g/mol. The summed E-state index contributed by atoms with van der Waals surface area (Å²) >= 11 is 5.93. The van der Waals surface area contributed by atoms with Gasteiger partial charge in [0.25, 0.3) is 0 Å². The molecular formula is C23H23ClO2. The quantitative estimate of drug-likeness (QED) is 0.510. The molecule has 134 valence electrons. The van der Waals surface area contributed by atoms with Crippen molar-refractivity contribution in [2.75, 3.05) is 13.2 Å². The van der Waals surface area contributed by atoms with E-state index < -0.39 is 6.29 Å². The molecule has 1 aliphatic rings. The van der Waals surface area contributed by atoms with Crippen molar-refractivity contribution < 1.29 is 9.47 Å². The zero-order valence-corrected chi connectivity index (χ0v) is 15.7. The molecular weight excluding hydrogens is 344 g/mol. The Morgan fingerprint density at radius 2 is 1.62 bits per heavy atom. The van der Waals surface area contributed by atoms with Gasteiger partial charge in [-0.15, -0.1) is 0 Å². The summed E-state index contributed by atoms with van der Waals surface area (Å²) in [6, 6.07) is 16.0. The molecule has 1 heterocycles. The normalized spacial score (nSPS) is 19.9. The molecule has 1 saturated heterocycles. The summed E-state index contributed by atoms with van der Waals surface area (Å²) in [6.07, 6.45) is 6.21. The number of allylic oxidation sites excluding steroid dienone is 1. The third kappa shape index (κ3) is 5.47. The van der Waals surface area contributed by atoms with Gasteiger partial charge in [0.05, 0.1) is 13.2 Å².